The highest BCUT2D eigenvalue weighted by Gasteiger charge is 2.13. The lowest BCUT2D eigenvalue weighted by Gasteiger charge is -2.16. The van der Waals surface area contributed by atoms with Crippen molar-refractivity contribution >= 4 is 36.5 Å². The second-order valence-electron chi connectivity index (χ2n) is 5.07. The first-order valence-electron chi connectivity index (χ1n) is 6.88. The Morgan fingerprint density at radius 2 is 2.05 bits per heavy atom. The number of nitrogens with zero attached hydrogens (tertiary/aromatic N) is 2. The van der Waals surface area contributed by atoms with Crippen molar-refractivity contribution in [3.05, 3.63) is 23.9 Å². The zero-order valence-corrected chi connectivity index (χ0v) is 13.9. The normalized spacial score (nSPS) is 14.9. The molecule has 2 heterocycles. The summed E-state index contributed by atoms with van der Waals surface area (Å²) in [5.41, 5.74) is 6.47. The predicted octanol–water partition coefficient (Wildman–Crippen LogP) is 1.74. The number of pyridine rings is 1. The molecule has 1 aliphatic heterocycles. The van der Waals surface area contributed by atoms with Gasteiger partial charge in [-0.25, -0.2) is 4.98 Å². The van der Waals surface area contributed by atoms with Gasteiger partial charge < -0.3 is 16.0 Å². The number of halogens is 2. The number of rotatable bonds is 5. The molecule has 5 nitrogen and oxygen atoms in total. The first-order valence-corrected chi connectivity index (χ1v) is 6.88. The molecule has 1 aromatic rings. The molecule has 0 saturated carbocycles. The Morgan fingerprint density at radius 1 is 1.38 bits per heavy atom. The lowest BCUT2D eigenvalue weighted by atomic mass is 10.1. The molecule has 0 bridgehead atoms. The number of hydrogen-bond acceptors (Lipinski definition) is 4. The van der Waals surface area contributed by atoms with Crippen LogP contribution in [0, 0.1) is 5.92 Å². The number of nitrogens with one attached hydrogen (secondary N) is 1. The molecule has 1 fully saturated rings. The SMILES string of the molecule is CC(CN)C(=O)NCc1ccc(N2CCCC2)nc1.Cl.Cl. The van der Waals surface area contributed by atoms with Crippen molar-refractivity contribution in [2.45, 2.75) is 26.3 Å². The van der Waals surface area contributed by atoms with E-state index in [9.17, 15) is 4.79 Å². The van der Waals surface area contributed by atoms with Crippen molar-refractivity contribution in [1.29, 1.82) is 0 Å². The standard InChI is InChI=1S/C14H22N4O.2ClH/c1-11(8-15)14(19)17-10-12-4-5-13(16-9-12)18-6-2-3-7-18;;/h4-5,9,11H,2-3,6-8,10,15H2,1H3,(H,17,19);2*1H. The smallest absolute Gasteiger partial charge is 0.224 e. The Labute approximate surface area is 138 Å². The van der Waals surface area contributed by atoms with Crippen molar-refractivity contribution in [3.63, 3.8) is 0 Å². The molecule has 0 spiro atoms. The minimum absolute atomic E-state index is 0. The minimum Gasteiger partial charge on any atom is -0.357 e. The number of carbonyl (C=O) groups is 1. The van der Waals surface area contributed by atoms with Crippen LogP contribution in [0.5, 0.6) is 0 Å². The van der Waals surface area contributed by atoms with E-state index in [-0.39, 0.29) is 36.6 Å². The van der Waals surface area contributed by atoms with E-state index in [2.05, 4.69) is 15.2 Å². The van der Waals surface area contributed by atoms with Gasteiger partial charge in [-0.3, -0.25) is 4.79 Å². The van der Waals surface area contributed by atoms with Crippen LogP contribution in [-0.4, -0.2) is 30.5 Å². The molecule has 0 aromatic carbocycles. The van der Waals surface area contributed by atoms with Crippen LogP contribution in [0.1, 0.15) is 25.3 Å². The Morgan fingerprint density at radius 3 is 2.57 bits per heavy atom. The molecule has 7 heteroatoms. The first kappa shape index (κ1) is 20.0. The fraction of sp³-hybridized carbons (Fsp3) is 0.571. The van der Waals surface area contributed by atoms with Gasteiger partial charge >= 0.3 is 0 Å². The maximum Gasteiger partial charge on any atom is 0.224 e. The molecule has 1 saturated heterocycles. The number of amides is 1. The molecule has 3 N–H and O–H groups in total. The van der Waals surface area contributed by atoms with E-state index in [0.29, 0.717) is 13.1 Å². The summed E-state index contributed by atoms with van der Waals surface area (Å²) in [7, 11) is 0. The van der Waals surface area contributed by atoms with Crippen LogP contribution in [-0.2, 0) is 11.3 Å². The van der Waals surface area contributed by atoms with Gasteiger partial charge in [0, 0.05) is 38.3 Å². The van der Waals surface area contributed by atoms with Crippen molar-refractivity contribution in [3.8, 4) is 0 Å². The van der Waals surface area contributed by atoms with Gasteiger partial charge in [0.1, 0.15) is 5.82 Å². The molecular formula is C14H24Cl2N4O. The molecular weight excluding hydrogens is 311 g/mol. The Bertz CT molecular complexity index is 421. The third kappa shape index (κ3) is 5.69. The summed E-state index contributed by atoms with van der Waals surface area (Å²) >= 11 is 0. The van der Waals surface area contributed by atoms with Gasteiger partial charge in [0.15, 0.2) is 0 Å². The second kappa shape index (κ2) is 9.82. The van der Waals surface area contributed by atoms with E-state index in [1.54, 1.807) is 0 Å². The van der Waals surface area contributed by atoms with Crippen LogP contribution in [0.2, 0.25) is 0 Å². The number of carbonyl (C=O) groups excluding carboxylic acids is 1. The van der Waals surface area contributed by atoms with E-state index < -0.39 is 0 Å². The van der Waals surface area contributed by atoms with Crippen molar-refractivity contribution in [2.75, 3.05) is 24.5 Å². The number of anilines is 1. The van der Waals surface area contributed by atoms with E-state index in [0.717, 1.165) is 24.5 Å². The maximum atomic E-state index is 11.6. The Balaban J connectivity index is 0.00000200. The highest BCUT2D eigenvalue weighted by atomic mass is 35.5. The van der Waals surface area contributed by atoms with Crippen molar-refractivity contribution in [1.82, 2.24) is 10.3 Å². The lowest BCUT2D eigenvalue weighted by Crippen LogP contribution is -2.32. The van der Waals surface area contributed by atoms with Crippen LogP contribution in [0.3, 0.4) is 0 Å². The average Bonchev–Trinajstić information content (AvgIpc) is 2.98. The molecule has 21 heavy (non-hydrogen) atoms. The zero-order chi connectivity index (χ0) is 13.7. The molecule has 1 amide bonds. The molecule has 1 aromatic heterocycles. The van der Waals surface area contributed by atoms with Gasteiger partial charge in [-0.1, -0.05) is 13.0 Å². The van der Waals surface area contributed by atoms with Crippen molar-refractivity contribution in [2.24, 2.45) is 11.7 Å². The van der Waals surface area contributed by atoms with Gasteiger partial charge in [-0.05, 0) is 24.5 Å². The van der Waals surface area contributed by atoms with Gasteiger partial charge in [-0.15, -0.1) is 24.8 Å². The van der Waals surface area contributed by atoms with Crippen LogP contribution in [0.4, 0.5) is 5.82 Å². The summed E-state index contributed by atoms with van der Waals surface area (Å²) in [6.45, 7) is 4.90. The lowest BCUT2D eigenvalue weighted by molar-refractivity contribution is -0.124. The summed E-state index contributed by atoms with van der Waals surface area (Å²) in [6.07, 6.45) is 4.33. The quantitative estimate of drug-likeness (QED) is 0.860. The molecule has 2 rings (SSSR count). The van der Waals surface area contributed by atoms with Crippen LogP contribution < -0.4 is 16.0 Å². The summed E-state index contributed by atoms with van der Waals surface area (Å²) in [5.74, 6) is 0.880. The highest BCUT2D eigenvalue weighted by Crippen LogP contribution is 2.17. The van der Waals surface area contributed by atoms with Gasteiger partial charge in [0.25, 0.3) is 0 Å². The number of hydrogen-bond donors (Lipinski definition) is 2. The minimum atomic E-state index is -0.142. The fourth-order valence-electron chi connectivity index (χ4n) is 2.12. The second-order valence-corrected chi connectivity index (χ2v) is 5.07. The number of nitrogens with two attached hydrogens (primary N) is 1. The molecule has 1 unspecified atom stereocenters. The first-order chi connectivity index (χ1) is 9.20. The maximum absolute atomic E-state index is 11.6. The van der Waals surface area contributed by atoms with E-state index in [1.807, 2.05) is 25.3 Å². The topological polar surface area (TPSA) is 71.2 Å². The fourth-order valence-corrected chi connectivity index (χ4v) is 2.12. The number of aromatic nitrogens is 1. The molecule has 0 aliphatic carbocycles. The highest BCUT2D eigenvalue weighted by molar-refractivity contribution is 5.85. The molecule has 120 valence electrons. The predicted molar refractivity (Wildman–Crippen MR) is 90.2 cm³/mol. The Kier molecular flexibility index (Phi) is 9.33. The third-order valence-corrected chi connectivity index (χ3v) is 3.51. The van der Waals surface area contributed by atoms with Gasteiger partial charge in [-0.2, -0.15) is 0 Å². The third-order valence-electron chi connectivity index (χ3n) is 3.51. The van der Waals surface area contributed by atoms with Crippen LogP contribution in [0.15, 0.2) is 18.3 Å². The van der Waals surface area contributed by atoms with E-state index in [4.69, 9.17) is 5.73 Å². The summed E-state index contributed by atoms with van der Waals surface area (Å²) in [5, 5.41) is 2.87. The molecule has 1 atom stereocenters. The summed E-state index contributed by atoms with van der Waals surface area (Å²) in [6, 6.07) is 4.05. The molecule has 1 aliphatic rings. The van der Waals surface area contributed by atoms with E-state index in [1.165, 1.54) is 12.8 Å². The largest absolute Gasteiger partial charge is 0.357 e. The van der Waals surface area contributed by atoms with Gasteiger partial charge in [0.2, 0.25) is 5.91 Å². The molecule has 0 radical (unpaired) electrons. The zero-order valence-electron chi connectivity index (χ0n) is 12.2. The average molecular weight is 335 g/mol. The summed E-state index contributed by atoms with van der Waals surface area (Å²) < 4.78 is 0. The Hall–Kier alpha value is -1.04. The van der Waals surface area contributed by atoms with Crippen LogP contribution in [0.25, 0.3) is 0 Å². The van der Waals surface area contributed by atoms with Gasteiger partial charge in [0.05, 0.1) is 0 Å². The summed E-state index contributed by atoms with van der Waals surface area (Å²) in [4.78, 5) is 18.3. The monoisotopic (exact) mass is 334 g/mol. The van der Waals surface area contributed by atoms with Crippen molar-refractivity contribution < 1.29 is 4.79 Å². The van der Waals surface area contributed by atoms with Crippen LogP contribution >= 0.6 is 24.8 Å². The van der Waals surface area contributed by atoms with E-state index >= 15 is 0 Å².